The molecule has 0 aliphatic rings. The van der Waals surface area contributed by atoms with Gasteiger partial charge in [-0.1, -0.05) is 30.3 Å². The molecule has 0 spiro atoms. The molecule has 0 radical (unpaired) electrons. The monoisotopic (exact) mass is 420 g/mol. The van der Waals surface area contributed by atoms with Crippen LogP contribution in [0.2, 0.25) is 0 Å². The summed E-state index contributed by atoms with van der Waals surface area (Å²) in [6.45, 7) is 4.77. The lowest BCUT2D eigenvalue weighted by Gasteiger charge is -2.19. The van der Waals surface area contributed by atoms with Crippen molar-refractivity contribution < 1.29 is 22.7 Å². The van der Waals surface area contributed by atoms with Crippen LogP contribution in [0.3, 0.4) is 0 Å². The fraction of sp³-hybridized carbons (Fsp3) is 0.381. The fourth-order valence-electron chi connectivity index (χ4n) is 2.80. The zero-order chi connectivity index (χ0) is 21.3. The van der Waals surface area contributed by atoms with E-state index < -0.39 is 22.0 Å². The van der Waals surface area contributed by atoms with E-state index in [1.54, 1.807) is 13.0 Å². The molecule has 0 saturated heterocycles. The fourth-order valence-corrected chi connectivity index (χ4v) is 4.08. The highest BCUT2D eigenvalue weighted by atomic mass is 32.2. The molecular formula is C21H28N2O5S. The van der Waals surface area contributed by atoms with Gasteiger partial charge in [-0.05, 0) is 49.6 Å². The van der Waals surface area contributed by atoms with Crippen molar-refractivity contribution in [1.82, 2.24) is 10.0 Å². The predicted molar refractivity (Wildman–Crippen MR) is 111 cm³/mol. The molecule has 0 aliphatic carbocycles. The lowest BCUT2D eigenvalue weighted by Crippen LogP contribution is -2.48. The minimum Gasteiger partial charge on any atom is -0.494 e. The number of benzene rings is 2. The Hall–Kier alpha value is -2.42. The summed E-state index contributed by atoms with van der Waals surface area (Å²) in [4.78, 5) is 12.7. The summed E-state index contributed by atoms with van der Waals surface area (Å²) in [5.74, 6) is 0.224. The highest BCUT2D eigenvalue weighted by molar-refractivity contribution is 7.89. The number of sulfonamides is 1. The zero-order valence-electron chi connectivity index (χ0n) is 17.0. The molecule has 2 N–H and O–H groups in total. The molecule has 0 aromatic heterocycles. The lowest BCUT2D eigenvalue weighted by atomic mass is 10.1. The predicted octanol–water partition coefficient (Wildman–Crippen LogP) is 2.05. The first-order valence-electron chi connectivity index (χ1n) is 9.43. The number of carbonyl (C=O) groups excluding carboxylic acids is 1. The van der Waals surface area contributed by atoms with Gasteiger partial charge >= 0.3 is 0 Å². The number of rotatable bonds is 11. The smallest absolute Gasteiger partial charge is 0.241 e. The molecule has 7 nitrogen and oxygen atoms in total. The minimum atomic E-state index is -3.91. The third-order valence-electron chi connectivity index (χ3n) is 4.26. The largest absolute Gasteiger partial charge is 0.494 e. The second-order valence-electron chi connectivity index (χ2n) is 6.51. The first-order valence-corrected chi connectivity index (χ1v) is 10.9. The Morgan fingerprint density at radius 1 is 1.14 bits per heavy atom. The van der Waals surface area contributed by atoms with Crippen molar-refractivity contribution in [3.05, 3.63) is 59.7 Å². The molecule has 0 unspecified atom stereocenters. The molecule has 0 heterocycles. The molecule has 2 rings (SSSR count). The van der Waals surface area contributed by atoms with Crippen LogP contribution in [-0.4, -0.2) is 47.2 Å². The van der Waals surface area contributed by atoms with Gasteiger partial charge in [0.15, 0.2) is 0 Å². The maximum absolute atomic E-state index is 12.9. The summed E-state index contributed by atoms with van der Waals surface area (Å²) in [6.07, 6.45) is 0.231. The van der Waals surface area contributed by atoms with Gasteiger partial charge in [0.2, 0.25) is 15.9 Å². The Kier molecular flexibility index (Phi) is 8.63. The first kappa shape index (κ1) is 22.9. The van der Waals surface area contributed by atoms with E-state index in [0.717, 1.165) is 5.56 Å². The minimum absolute atomic E-state index is 0.0845. The van der Waals surface area contributed by atoms with Crippen LogP contribution in [0.5, 0.6) is 5.75 Å². The van der Waals surface area contributed by atoms with E-state index in [1.165, 1.54) is 19.2 Å². The molecule has 0 bridgehead atoms. The van der Waals surface area contributed by atoms with Crippen LogP contribution >= 0.6 is 0 Å². The van der Waals surface area contributed by atoms with E-state index in [2.05, 4.69) is 10.0 Å². The molecule has 1 atom stereocenters. The highest BCUT2D eigenvalue weighted by Crippen LogP contribution is 2.22. The number of amides is 1. The molecule has 29 heavy (non-hydrogen) atoms. The molecule has 2 aromatic carbocycles. The van der Waals surface area contributed by atoms with Gasteiger partial charge in [0.25, 0.3) is 0 Å². The van der Waals surface area contributed by atoms with Crippen LogP contribution in [0.4, 0.5) is 0 Å². The zero-order valence-corrected chi connectivity index (χ0v) is 17.8. The van der Waals surface area contributed by atoms with Gasteiger partial charge in [-0.15, -0.1) is 0 Å². The van der Waals surface area contributed by atoms with Gasteiger partial charge in [0.1, 0.15) is 11.8 Å². The van der Waals surface area contributed by atoms with Gasteiger partial charge in [-0.3, -0.25) is 4.79 Å². The lowest BCUT2D eigenvalue weighted by molar-refractivity contribution is -0.122. The average molecular weight is 421 g/mol. The number of hydrogen-bond acceptors (Lipinski definition) is 5. The van der Waals surface area contributed by atoms with Gasteiger partial charge < -0.3 is 14.8 Å². The average Bonchev–Trinajstić information content (AvgIpc) is 2.70. The Morgan fingerprint density at radius 3 is 2.48 bits per heavy atom. The molecular weight excluding hydrogens is 392 g/mol. The summed E-state index contributed by atoms with van der Waals surface area (Å²) in [5.41, 5.74) is 1.56. The molecule has 158 valence electrons. The van der Waals surface area contributed by atoms with Crippen LogP contribution in [0.25, 0.3) is 0 Å². The van der Waals surface area contributed by atoms with Crippen molar-refractivity contribution >= 4 is 15.9 Å². The second-order valence-corrected chi connectivity index (χ2v) is 8.22. The topological polar surface area (TPSA) is 93.7 Å². The van der Waals surface area contributed by atoms with Crippen molar-refractivity contribution in [2.45, 2.75) is 31.2 Å². The number of nitrogens with one attached hydrogen (secondary N) is 2. The number of methoxy groups -OCH3 is 1. The van der Waals surface area contributed by atoms with Crippen LogP contribution in [0, 0.1) is 6.92 Å². The Balaban J connectivity index is 2.23. The van der Waals surface area contributed by atoms with Crippen molar-refractivity contribution in [1.29, 1.82) is 0 Å². The van der Waals surface area contributed by atoms with Crippen molar-refractivity contribution in [2.75, 3.05) is 26.9 Å². The van der Waals surface area contributed by atoms with E-state index in [4.69, 9.17) is 9.47 Å². The van der Waals surface area contributed by atoms with Crippen LogP contribution in [0.1, 0.15) is 18.1 Å². The summed E-state index contributed by atoms with van der Waals surface area (Å²) in [5, 5.41) is 2.70. The Bertz CT molecular complexity index is 901. The second kappa shape index (κ2) is 10.9. The molecule has 0 fully saturated rings. The summed E-state index contributed by atoms with van der Waals surface area (Å²) < 4.78 is 38.8. The first-order chi connectivity index (χ1) is 13.9. The van der Waals surface area contributed by atoms with Crippen LogP contribution < -0.4 is 14.8 Å². The van der Waals surface area contributed by atoms with E-state index in [-0.39, 0.29) is 11.3 Å². The number of ether oxygens (including phenoxy) is 2. The SMILES string of the molecule is CCOc1ccc(S(=O)(=O)N[C@@H](Cc2ccccc2)C(=O)NCCOC)cc1C. The van der Waals surface area contributed by atoms with Crippen molar-refractivity contribution in [2.24, 2.45) is 0 Å². The standard InChI is InChI=1S/C21H28N2O5S/c1-4-28-20-11-10-18(14-16(20)2)29(25,26)23-19(21(24)22-12-13-27-3)15-17-8-6-5-7-9-17/h5-11,14,19,23H,4,12-13,15H2,1-3H3,(H,22,24)/t19-/m0/s1. The molecule has 8 heteroatoms. The third-order valence-corrected chi connectivity index (χ3v) is 5.73. The highest BCUT2D eigenvalue weighted by Gasteiger charge is 2.26. The maximum Gasteiger partial charge on any atom is 0.241 e. The van der Waals surface area contributed by atoms with E-state index in [1.807, 2.05) is 37.3 Å². The Labute approximate surface area is 172 Å². The van der Waals surface area contributed by atoms with Gasteiger partial charge in [-0.25, -0.2) is 8.42 Å². The van der Waals surface area contributed by atoms with Crippen molar-refractivity contribution in [3.8, 4) is 5.75 Å². The summed E-state index contributed by atoms with van der Waals surface area (Å²) in [6, 6.07) is 12.9. The van der Waals surface area contributed by atoms with Crippen LogP contribution in [-0.2, 0) is 26.0 Å². The van der Waals surface area contributed by atoms with Gasteiger partial charge in [-0.2, -0.15) is 4.72 Å². The molecule has 0 aliphatic heterocycles. The summed E-state index contributed by atoms with van der Waals surface area (Å²) in [7, 11) is -2.37. The van der Waals surface area contributed by atoms with Crippen LogP contribution in [0.15, 0.2) is 53.4 Å². The van der Waals surface area contributed by atoms with Crippen molar-refractivity contribution in [3.63, 3.8) is 0 Å². The summed E-state index contributed by atoms with van der Waals surface area (Å²) >= 11 is 0. The van der Waals surface area contributed by atoms with E-state index in [0.29, 0.717) is 31.1 Å². The Morgan fingerprint density at radius 2 is 1.86 bits per heavy atom. The van der Waals surface area contributed by atoms with E-state index in [9.17, 15) is 13.2 Å². The number of hydrogen-bond donors (Lipinski definition) is 2. The molecule has 2 aromatic rings. The molecule has 0 saturated carbocycles. The normalized spacial score (nSPS) is 12.4. The maximum atomic E-state index is 12.9. The number of carbonyl (C=O) groups is 1. The van der Waals surface area contributed by atoms with E-state index >= 15 is 0 Å². The quantitative estimate of drug-likeness (QED) is 0.543. The van der Waals surface area contributed by atoms with Gasteiger partial charge in [0.05, 0.1) is 18.1 Å². The third kappa shape index (κ3) is 6.85. The van der Waals surface area contributed by atoms with Gasteiger partial charge in [0, 0.05) is 13.7 Å². The number of aryl methyl sites for hydroxylation is 1. The molecule has 1 amide bonds.